The number of anilines is 1. The van der Waals surface area contributed by atoms with Crippen molar-refractivity contribution >= 4 is 11.6 Å². The molecule has 1 aliphatic heterocycles. The number of rotatable bonds is 4. The Kier molecular flexibility index (Phi) is 5.08. The summed E-state index contributed by atoms with van der Waals surface area (Å²) in [5.41, 5.74) is 3.64. The van der Waals surface area contributed by atoms with E-state index in [9.17, 15) is 9.59 Å². The molecule has 1 N–H and O–H groups in total. The second-order valence-corrected chi connectivity index (χ2v) is 7.10. The molecule has 2 atom stereocenters. The summed E-state index contributed by atoms with van der Waals surface area (Å²) < 4.78 is 7.46. The van der Waals surface area contributed by atoms with Crippen molar-refractivity contribution in [2.75, 3.05) is 11.9 Å². The van der Waals surface area contributed by atoms with Crippen molar-refractivity contribution in [3.8, 4) is 0 Å². The van der Waals surface area contributed by atoms with Crippen molar-refractivity contribution < 1.29 is 9.53 Å². The maximum absolute atomic E-state index is 12.9. The number of pyridine rings is 1. The van der Waals surface area contributed by atoms with Crippen LogP contribution < -0.4 is 10.9 Å². The molecule has 2 heterocycles. The summed E-state index contributed by atoms with van der Waals surface area (Å²) in [5, 5.41) is 2.96. The third-order valence-corrected chi connectivity index (χ3v) is 5.01. The minimum Gasteiger partial charge on any atom is -0.363 e. The van der Waals surface area contributed by atoms with Crippen LogP contribution in [0.2, 0.25) is 0 Å². The molecule has 1 amide bonds. The van der Waals surface area contributed by atoms with E-state index in [4.69, 9.17) is 4.74 Å². The highest BCUT2D eigenvalue weighted by molar-refractivity contribution is 5.95. The van der Waals surface area contributed by atoms with Crippen LogP contribution in [0.3, 0.4) is 0 Å². The SMILES string of the molecule is CC1COC(C(=O)Nc2cccc(Cn3ccccc3=O)c2)c2ccccc21. The van der Waals surface area contributed by atoms with E-state index >= 15 is 0 Å². The highest BCUT2D eigenvalue weighted by Crippen LogP contribution is 2.34. The summed E-state index contributed by atoms with van der Waals surface area (Å²) in [4.78, 5) is 24.8. The van der Waals surface area contributed by atoms with Gasteiger partial charge in [0.05, 0.1) is 13.2 Å². The topological polar surface area (TPSA) is 60.3 Å². The zero-order valence-electron chi connectivity index (χ0n) is 15.7. The van der Waals surface area contributed by atoms with Gasteiger partial charge in [-0.05, 0) is 34.9 Å². The normalized spacial score (nSPS) is 18.3. The first-order valence-corrected chi connectivity index (χ1v) is 9.37. The number of benzene rings is 2. The van der Waals surface area contributed by atoms with Gasteiger partial charge < -0.3 is 14.6 Å². The van der Waals surface area contributed by atoms with Gasteiger partial charge in [-0.25, -0.2) is 0 Å². The van der Waals surface area contributed by atoms with E-state index in [1.165, 1.54) is 6.07 Å². The highest BCUT2D eigenvalue weighted by Gasteiger charge is 2.30. The Labute approximate surface area is 163 Å². The van der Waals surface area contributed by atoms with Gasteiger partial charge in [0.25, 0.3) is 11.5 Å². The third kappa shape index (κ3) is 3.75. The Morgan fingerprint density at radius 1 is 1.07 bits per heavy atom. The molecule has 2 unspecified atom stereocenters. The predicted octanol–water partition coefficient (Wildman–Crippen LogP) is 3.71. The number of fused-ring (bicyclic) bond motifs is 1. The molecule has 0 saturated carbocycles. The summed E-state index contributed by atoms with van der Waals surface area (Å²) >= 11 is 0. The molecule has 2 aromatic carbocycles. The van der Waals surface area contributed by atoms with Crippen molar-refractivity contribution in [3.05, 3.63) is 100.0 Å². The van der Waals surface area contributed by atoms with Crippen LogP contribution in [-0.2, 0) is 16.1 Å². The molecule has 5 nitrogen and oxygen atoms in total. The fourth-order valence-corrected chi connectivity index (χ4v) is 3.58. The van der Waals surface area contributed by atoms with E-state index in [-0.39, 0.29) is 17.4 Å². The van der Waals surface area contributed by atoms with Crippen LogP contribution >= 0.6 is 0 Å². The lowest BCUT2D eigenvalue weighted by atomic mass is 9.90. The lowest BCUT2D eigenvalue weighted by Gasteiger charge is -2.29. The summed E-state index contributed by atoms with van der Waals surface area (Å²) in [6.07, 6.45) is 1.13. The Morgan fingerprint density at radius 3 is 2.68 bits per heavy atom. The molecule has 3 aromatic rings. The van der Waals surface area contributed by atoms with Crippen molar-refractivity contribution in [2.24, 2.45) is 0 Å². The first-order valence-electron chi connectivity index (χ1n) is 9.37. The smallest absolute Gasteiger partial charge is 0.258 e. The Morgan fingerprint density at radius 2 is 1.86 bits per heavy atom. The average Bonchev–Trinajstić information content (AvgIpc) is 2.70. The Hall–Kier alpha value is -3.18. The summed E-state index contributed by atoms with van der Waals surface area (Å²) in [5.74, 6) is 0.0844. The highest BCUT2D eigenvalue weighted by atomic mass is 16.5. The van der Waals surface area contributed by atoms with Gasteiger partial charge in [-0.1, -0.05) is 49.4 Å². The van der Waals surface area contributed by atoms with Crippen LogP contribution in [0.25, 0.3) is 0 Å². The molecule has 0 spiro atoms. The number of ether oxygens (including phenoxy) is 1. The monoisotopic (exact) mass is 374 g/mol. The minimum absolute atomic E-state index is 0.0572. The molecule has 0 bridgehead atoms. The van der Waals surface area contributed by atoms with Gasteiger partial charge in [0.1, 0.15) is 0 Å². The molecule has 28 heavy (non-hydrogen) atoms. The van der Waals surface area contributed by atoms with Gasteiger partial charge >= 0.3 is 0 Å². The number of carbonyl (C=O) groups is 1. The lowest BCUT2D eigenvalue weighted by Crippen LogP contribution is -2.29. The van der Waals surface area contributed by atoms with E-state index in [1.807, 2.05) is 48.5 Å². The molecular formula is C23H22N2O3. The fourth-order valence-electron chi connectivity index (χ4n) is 3.58. The molecule has 0 saturated heterocycles. The zero-order chi connectivity index (χ0) is 19.5. The van der Waals surface area contributed by atoms with Crippen LogP contribution in [0.15, 0.2) is 77.7 Å². The average molecular weight is 374 g/mol. The number of amides is 1. The van der Waals surface area contributed by atoms with Gasteiger partial charge in [0.2, 0.25) is 0 Å². The number of nitrogens with one attached hydrogen (secondary N) is 1. The minimum atomic E-state index is -0.618. The molecule has 0 fully saturated rings. The summed E-state index contributed by atoms with van der Waals surface area (Å²) in [6.45, 7) is 3.07. The van der Waals surface area contributed by atoms with Crippen LogP contribution in [0, 0.1) is 0 Å². The molecule has 0 aliphatic carbocycles. The van der Waals surface area contributed by atoms with E-state index in [0.717, 1.165) is 16.7 Å². The largest absolute Gasteiger partial charge is 0.363 e. The molecule has 1 aromatic heterocycles. The number of aromatic nitrogens is 1. The predicted molar refractivity (Wildman–Crippen MR) is 108 cm³/mol. The molecule has 4 rings (SSSR count). The third-order valence-electron chi connectivity index (χ3n) is 5.01. The maximum atomic E-state index is 12.9. The number of hydrogen-bond acceptors (Lipinski definition) is 3. The summed E-state index contributed by atoms with van der Waals surface area (Å²) in [6, 6.07) is 20.5. The first-order chi connectivity index (χ1) is 13.6. The Bertz CT molecular complexity index is 1060. The van der Waals surface area contributed by atoms with E-state index in [0.29, 0.717) is 18.8 Å². The molecule has 0 radical (unpaired) electrons. The van der Waals surface area contributed by atoms with Crippen LogP contribution in [0.1, 0.15) is 35.6 Å². The molecule has 1 aliphatic rings. The summed E-state index contributed by atoms with van der Waals surface area (Å²) in [7, 11) is 0. The van der Waals surface area contributed by atoms with Crippen molar-refractivity contribution in [1.29, 1.82) is 0 Å². The van der Waals surface area contributed by atoms with Crippen LogP contribution in [0.5, 0.6) is 0 Å². The Balaban J connectivity index is 1.52. The van der Waals surface area contributed by atoms with Gasteiger partial charge in [0.15, 0.2) is 6.10 Å². The second kappa shape index (κ2) is 7.82. The zero-order valence-corrected chi connectivity index (χ0v) is 15.7. The van der Waals surface area contributed by atoms with Crippen molar-refractivity contribution in [3.63, 3.8) is 0 Å². The quantitative estimate of drug-likeness (QED) is 0.757. The second-order valence-electron chi connectivity index (χ2n) is 7.10. The first kappa shape index (κ1) is 18.2. The van der Waals surface area contributed by atoms with Crippen LogP contribution in [-0.4, -0.2) is 17.1 Å². The molecular weight excluding hydrogens is 352 g/mol. The van der Waals surface area contributed by atoms with E-state index < -0.39 is 6.10 Å². The molecule has 142 valence electrons. The van der Waals surface area contributed by atoms with Crippen molar-refractivity contribution in [2.45, 2.75) is 25.5 Å². The maximum Gasteiger partial charge on any atom is 0.258 e. The van der Waals surface area contributed by atoms with Gasteiger partial charge in [-0.3, -0.25) is 9.59 Å². The van der Waals surface area contributed by atoms with E-state index in [2.05, 4.69) is 18.3 Å². The number of nitrogens with zero attached hydrogens (tertiary/aromatic N) is 1. The standard InChI is InChI=1S/C23H22N2O3/c1-16-15-28-22(20-10-3-2-9-19(16)20)23(27)24-18-8-6-7-17(13-18)14-25-12-5-4-11-21(25)26/h2-13,16,22H,14-15H2,1H3,(H,24,27). The number of carbonyl (C=O) groups excluding carboxylic acids is 1. The number of hydrogen-bond donors (Lipinski definition) is 1. The van der Waals surface area contributed by atoms with Crippen molar-refractivity contribution in [1.82, 2.24) is 4.57 Å². The lowest BCUT2D eigenvalue weighted by molar-refractivity contribution is -0.129. The van der Waals surface area contributed by atoms with Gasteiger partial charge in [-0.15, -0.1) is 0 Å². The van der Waals surface area contributed by atoms with Gasteiger partial charge in [-0.2, -0.15) is 0 Å². The molecule has 5 heteroatoms. The van der Waals surface area contributed by atoms with Gasteiger partial charge in [0, 0.05) is 23.9 Å². The fraction of sp³-hybridized carbons (Fsp3) is 0.217. The van der Waals surface area contributed by atoms with E-state index in [1.54, 1.807) is 16.8 Å². The van der Waals surface area contributed by atoms with Crippen LogP contribution in [0.4, 0.5) is 5.69 Å².